The maximum Gasteiger partial charge on any atom is 0.335 e. The Bertz CT molecular complexity index is 1350. The van der Waals surface area contributed by atoms with Crippen molar-refractivity contribution in [2.45, 2.75) is 119 Å². The van der Waals surface area contributed by atoms with Gasteiger partial charge in [-0.15, -0.1) is 0 Å². The predicted molar refractivity (Wildman–Crippen MR) is 178 cm³/mol. The summed E-state index contributed by atoms with van der Waals surface area (Å²) in [5.74, 6) is 0.311. The summed E-state index contributed by atoms with van der Waals surface area (Å²) in [5.41, 5.74) is 2.30. The van der Waals surface area contributed by atoms with E-state index in [4.69, 9.17) is 9.73 Å². The highest BCUT2D eigenvalue weighted by Gasteiger charge is 2.52. The van der Waals surface area contributed by atoms with Crippen LogP contribution in [0.4, 0.5) is 0 Å². The van der Waals surface area contributed by atoms with Crippen LogP contribution >= 0.6 is 0 Å². The summed E-state index contributed by atoms with van der Waals surface area (Å²) in [7, 11) is 0. The lowest BCUT2D eigenvalue weighted by Crippen LogP contribution is -2.51. The SMILES string of the molecule is CC(C)(C)CCOc1cccc(C2=NC3(CCC(C(C)(C)C)CC3)N([C@H](CCC(C)(C)C)c3ccc(C(=O)O)cc3)C2=O)c1. The van der Waals surface area contributed by atoms with Gasteiger partial charge in [0.25, 0.3) is 5.91 Å². The van der Waals surface area contributed by atoms with Crippen LogP contribution in [0, 0.1) is 22.2 Å². The molecule has 2 aliphatic rings. The van der Waals surface area contributed by atoms with Crippen LogP contribution in [0.1, 0.15) is 135 Å². The largest absolute Gasteiger partial charge is 0.494 e. The van der Waals surface area contributed by atoms with Gasteiger partial charge < -0.3 is 14.7 Å². The maximum absolute atomic E-state index is 14.7. The van der Waals surface area contributed by atoms with Crippen LogP contribution in [0.15, 0.2) is 53.5 Å². The summed E-state index contributed by atoms with van der Waals surface area (Å²) in [6.45, 7) is 20.8. The average molecular weight is 603 g/mol. The van der Waals surface area contributed by atoms with Crippen molar-refractivity contribution in [1.29, 1.82) is 0 Å². The highest BCUT2D eigenvalue weighted by Crippen LogP contribution is 2.50. The highest BCUT2D eigenvalue weighted by molar-refractivity contribution is 6.46. The summed E-state index contributed by atoms with van der Waals surface area (Å²) in [6.07, 6.45) is 6.24. The second kappa shape index (κ2) is 12.7. The molecule has 1 N–H and O–H groups in total. The van der Waals surface area contributed by atoms with E-state index >= 15 is 0 Å². The van der Waals surface area contributed by atoms with Gasteiger partial charge in [-0.2, -0.15) is 0 Å². The summed E-state index contributed by atoms with van der Waals surface area (Å²) < 4.78 is 6.13. The Labute approximate surface area is 265 Å². The molecule has 1 fully saturated rings. The van der Waals surface area contributed by atoms with E-state index < -0.39 is 11.6 Å². The van der Waals surface area contributed by atoms with E-state index in [0.29, 0.717) is 18.2 Å². The molecule has 1 amide bonds. The van der Waals surface area contributed by atoms with Crippen molar-refractivity contribution in [2.24, 2.45) is 27.2 Å². The Morgan fingerprint density at radius 1 is 0.955 bits per heavy atom. The molecule has 0 saturated heterocycles. The van der Waals surface area contributed by atoms with E-state index in [1.165, 1.54) is 0 Å². The fraction of sp³-hybridized carbons (Fsp3) is 0.605. The summed E-state index contributed by atoms with van der Waals surface area (Å²) in [5, 5.41) is 9.55. The molecule has 6 heteroatoms. The topological polar surface area (TPSA) is 79.2 Å². The molecule has 0 bridgehead atoms. The first-order valence-electron chi connectivity index (χ1n) is 16.4. The maximum atomic E-state index is 14.7. The number of benzene rings is 2. The number of carbonyl (C=O) groups is 2. The van der Waals surface area contributed by atoms with Gasteiger partial charge in [-0.1, -0.05) is 86.6 Å². The van der Waals surface area contributed by atoms with E-state index in [1.807, 2.05) is 36.4 Å². The van der Waals surface area contributed by atoms with E-state index in [9.17, 15) is 14.7 Å². The number of hydrogen-bond acceptors (Lipinski definition) is 4. The number of amides is 1. The molecule has 2 aromatic carbocycles. The molecular formula is C38H54N2O4. The molecule has 1 saturated carbocycles. The van der Waals surface area contributed by atoms with Crippen molar-refractivity contribution < 1.29 is 19.4 Å². The first-order valence-corrected chi connectivity index (χ1v) is 16.4. The van der Waals surface area contributed by atoms with Gasteiger partial charge >= 0.3 is 5.97 Å². The predicted octanol–water partition coefficient (Wildman–Crippen LogP) is 9.33. The number of carboxylic acid groups (broad SMARTS) is 1. The molecule has 44 heavy (non-hydrogen) atoms. The third kappa shape index (κ3) is 8.11. The van der Waals surface area contributed by atoms with Gasteiger partial charge in [0.1, 0.15) is 17.1 Å². The van der Waals surface area contributed by atoms with Crippen molar-refractivity contribution in [3.8, 4) is 5.75 Å². The van der Waals surface area contributed by atoms with Gasteiger partial charge in [0.15, 0.2) is 0 Å². The first-order chi connectivity index (χ1) is 20.4. The standard InChI is InChI=1S/C38H54N2O4/c1-35(2,3)20-19-31(26-13-15-27(16-14-26)34(42)43)40-33(41)32(39-38(40)21-17-29(18-22-38)37(7,8)9)28-11-10-12-30(25-28)44-24-23-36(4,5)6/h10-16,25,29,31H,17-24H2,1-9H3,(H,42,43)/t29?,31-,38?/m1/s1. The number of ether oxygens (including phenoxy) is 1. The fourth-order valence-corrected chi connectivity index (χ4v) is 6.60. The smallest absolute Gasteiger partial charge is 0.335 e. The first kappa shape index (κ1) is 33.7. The van der Waals surface area contributed by atoms with Crippen molar-refractivity contribution in [2.75, 3.05) is 6.61 Å². The summed E-state index contributed by atoms with van der Waals surface area (Å²) in [4.78, 5) is 33.8. The quantitative estimate of drug-likeness (QED) is 0.310. The molecule has 1 aliphatic carbocycles. The summed E-state index contributed by atoms with van der Waals surface area (Å²) >= 11 is 0. The van der Waals surface area contributed by atoms with Crippen LogP contribution in [0.25, 0.3) is 0 Å². The molecule has 0 radical (unpaired) electrons. The second-order valence-electron chi connectivity index (χ2n) is 16.5. The fourth-order valence-electron chi connectivity index (χ4n) is 6.60. The van der Waals surface area contributed by atoms with E-state index in [0.717, 1.165) is 61.8 Å². The molecule has 2 aromatic rings. The molecule has 1 atom stereocenters. The number of aromatic carboxylic acids is 1. The van der Waals surface area contributed by atoms with Crippen molar-refractivity contribution >= 4 is 17.6 Å². The normalized spacial score (nSPS) is 21.8. The van der Waals surface area contributed by atoms with Crippen LogP contribution < -0.4 is 4.74 Å². The van der Waals surface area contributed by atoms with Gasteiger partial charge in [0, 0.05) is 5.56 Å². The molecule has 240 valence electrons. The van der Waals surface area contributed by atoms with Crippen LogP contribution in [-0.2, 0) is 4.79 Å². The van der Waals surface area contributed by atoms with Crippen molar-refractivity contribution in [1.82, 2.24) is 4.90 Å². The Morgan fingerprint density at radius 3 is 2.11 bits per heavy atom. The molecule has 6 nitrogen and oxygen atoms in total. The molecule has 0 unspecified atom stereocenters. The Hall–Kier alpha value is -3.15. The highest BCUT2D eigenvalue weighted by atomic mass is 16.5. The molecular weight excluding hydrogens is 548 g/mol. The number of nitrogens with zero attached hydrogens (tertiary/aromatic N) is 2. The Balaban J connectivity index is 1.75. The third-order valence-electron chi connectivity index (χ3n) is 9.45. The number of hydrogen-bond donors (Lipinski definition) is 1. The van der Waals surface area contributed by atoms with Gasteiger partial charge in [-0.3, -0.25) is 9.79 Å². The zero-order valence-corrected chi connectivity index (χ0v) is 28.5. The summed E-state index contributed by atoms with van der Waals surface area (Å²) in [6, 6.07) is 14.7. The lowest BCUT2D eigenvalue weighted by molar-refractivity contribution is -0.134. The molecule has 1 aliphatic heterocycles. The van der Waals surface area contributed by atoms with Gasteiger partial charge in [-0.25, -0.2) is 4.79 Å². The third-order valence-corrected chi connectivity index (χ3v) is 9.45. The molecule has 1 spiro atoms. The Kier molecular flexibility index (Phi) is 9.73. The van der Waals surface area contributed by atoms with Crippen LogP contribution in [0.2, 0.25) is 0 Å². The van der Waals surface area contributed by atoms with Gasteiger partial charge in [-0.05, 0) is 96.9 Å². The monoisotopic (exact) mass is 602 g/mol. The minimum absolute atomic E-state index is 0.0488. The van der Waals surface area contributed by atoms with Crippen LogP contribution in [0.3, 0.4) is 0 Å². The number of carbonyl (C=O) groups excluding carboxylic acids is 1. The number of aliphatic imine (C=N–C) groups is 1. The van der Waals surface area contributed by atoms with Crippen LogP contribution in [-0.4, -0.2) is 39.9 Å². The molecule has 0 aromatic heterocycles. The second-order valence-corrected chi connectivity index (χ2v) is 16.5. The zero-order valence-electron chi connectivity index (χ0n) is 28.5. The van der Waals surface area contributed by atoms with Crippen LogP contribution in [0.5, 0.6) is 5.75 Å². The minimum atomic E-state index is -0.952. The van der Waals surface area contributed by atoms with Gasteiger partial charge in [0.05, 0.1) is 18.2 Å². The Morgan fingerprint density at radius 2 is 1.57 bits per heavy atom. The number of carboxylic acids is 1. The van der Waals surface area contributed by atoms with E-state index in [1.54, 1.807) is 12.1 Å². The average Bonchev–Trinajstić information content (AvgIpc) is 3.19. The van der Waals surface area contributed by atoms with Gasteiger partial charge in [0.2, 0.25) is 0 Å². The molecule has 4 rings (SSSR count). The lowest BCUT2D eigenvalue weighted by Gasteiger charge is -2.47. The minimum Gasteiger partial charge on any atom is -0.494 e. The van der Waals surface area contributed by atoms with Crippen molar-refractivity contribution in [3.63, 3.8) is 0 Å². The van der Waals surface area contributed by atoms with Crippen molar-refractivity contribution in [3.05, 3.63) is 65.2 Å². The zero-order chi connectivity index (χ0) is 32.5. The lowest BCUT2D eigenvalue weighted by atomic mass is 9.69. The molecule has 1 heterocycles. The van der Waals surface area contributed by atoms with E-state index in [2.05, 4.69) is 67.2 Å². The van der Waals surface area contributed by atoms with E-state index in [-0.39, 0.29) is 33.8 Å². The number of rotatable bonds is 9.